The number of hydrogen-bond donors (Lipinski definition) is 0. The van der Waals surface area contributed by atoms with E-state index in [1.807, 2.05) is 0 Å². The van der Waals surface area contributed by atoms with Crippen LogP contribution in [0, 0.1) is 0 Å². The first-order valence-electron chi connectivity index (χ1n) is 4.09. The molecule has 0 bridgehead atoms. The second kappa shape index (κ2) is 5.71. The summed E-state index contributed by atoms with van der Waals surface area (Å²) in [6.45, 7) is 3.65. The van der Waals surface area contributed by atoms with E-state index >= 15 is 0 Å². The third-order valence-electron chi connectivity index (χ3n) is 1.06. The summed E-state index contributed by atoms with van der Waals surface area (Å²) >= 11 is 5.61. The molecule has 0 spiro atoms. The van der Waals surface area contributed by atoms with E-state index in [4.69, 9.17) is 11.1 Å². The van der Waals surface area contributed by atoms with Crippen LogP contribution in [0.25, 0.3) is 0 Å². The highest BCUT2D eigenvalue weighted by molar-refractivity contribution is 7.10. The minimum absolute atomic E-state index is 0.0317. The van der Waals surface area contributed by atoms with Gasteiger partial charge in [-0.3, -0.25) is 14.4 Å². The Bertz CT molecular complexity index is 263. The van der Waals surface area contributed by atoms with Gasteiger partial charge in [0.25, 0.3) is 17.9 Å². The van der Waals surface area contributed by atoms with Crippen molar-refractivity contribution in [3.8, 4) is 0 Å². The van der Waals surface area contributed by atoms with E-state index in [9.17, 15) is 14.4 Å². The molecule has 0 saturated carbocycles. The summed E-state index contributed by atoms with van der Waals surface area (Å²) in [5.41, 5.74) is 0. The van der Waals surface area contributed by atoms with Crippen molar-refractivity contribution in [3.63, 3.8) is 0 Å². The van der Waals surface area contributed by atoms with E-state index < -0.39 is 26.0 Å². The zero-order valence-corrected chi connectivity index (χ0v) is 10.3. The highest BCUT2D eigenvalue weighted by atomic mass is 35.6. The molecule has 15 heavy (non-hydrogen) atoms. The van der Waals surface area contributed by atoms with Crippen LogP contribution in [0.2, 0.25) is 0 Å². The van der Waals surface area contributed by atoms with E-state index in [2.05, 4.69) is 13.3 Å². The van der Waals surface area contributed by atoms with Crippen molar-refractivity contribution in [3.05, 3.63) is 0 Å². The number of carbonyl (C=O) groups is 3. The standard InChI is InChI=1S/C7H11ClO6Si/c1-4-7(11)14-15(8,12-5(2)9)13-6(3)10/h4H2,1-3H3. The van der Waals surface area contributed by atoms with Crippen molar-refractivity contribution >= 4 is 37.1 Å². The fourth-order valence-corrected chi connectivity index (χ4v) is 2.75. The van der Waals surface area contributed by atoms with Crippen molar-refractivity contribution in [2.75, 3.05) is 0 Å². The fraction of sp³-hybridized carbons (Fsp3) is 0.571. The Labute approximate surface area is 92.5 Å². The zero-order valence-electron chi connectivity index (χ0n) is 8.53. The quantitative estimate of drug-likeness (QED) is 0.544. The summed E-state index contributed by atoms with van der Waals surface area (Å²) in [7, 11) is -4.04. The Balaban J connectivity index is 4.60. The maximum absolute atomic E-state index is 10.9. The molecule has 0 aromatic carbocycles. The largest absolute Gasteiger partial charge is 0.823 e. The van der Waals surface area contributed by atoms with Gasteiger partial charge in [-0.25, -0.2) is 0 Å². The molecule has 0 aliphatic heterocycles. The van der Waals surface area contributed by atoms with Gasteiger partial charge < -0.3 is 13.3 Å². The number of hydrogen-bond acceptors (Lipinski definition) is 6. The molecule has 0 aromatic heterocycles. The van der Waals surface area contributed by atoms with Gasteiger partial charge in [0, 0.05) is 20.3 Å². The minimum atomic E-state index is -4.04. The normalized spacial score (nSPS) is 10.4. The molecule has 6 nitrogen and oxygen atoms in total. The number of carbonyl (C=O) groups excluding carboxylic acids is 3. The molecule has 0 rings (SSSR count). The average molecular weight is 255 g/mol. The predicted molar refractivity (Wildman–Crippen MR) is 51.5 cm³/mol. The van der Waals surface area contributed by atoms with Crippen LogP contribution >= 0.6 is 11.1 Å². The molecule has 8 heteroatoms. The van der Waals surface area contributed by atoms with Crippen molar-refractivity contribution in [1.29, 1.82) is 0 Å². The van der Waals surface area contributed by atoms with Crippen LogP contribution in [0.15, 0.2) is 0 Å². The highest BCUT2D eigenvalue weighted by Crippen LogP contribution is 2.16. The summed E-state index contributed by atoms with van der Waals surface area (Å²) in [4.78, 5) is 32.2. The Kier molecular flexibility index (Phi) is 5.30. The van der Waals surface area contributed by atoms with E-state index in [1.54, 1.807) is 0 Å². The van der Waals surface area contributed by atoms with Gasteiger partial charge >= 0.3 is 8.11 Å². The van der Waals surface area contributed by atoms with Crippen molar-refractivity contribution < 1.29 is 27.7 Å². The molecule has 0 amide bonds. The minimum Gasteiger partial charge on any atom is -0.443 e. The summed E-state index contributed by atoms with van der Waals surface area (Å²) in [5.74, 6) is -2.29. The molecule has 0 heterocycles. The topological polar surface area (TPSA) is 78.9 Å². The maximum Gasteiger partial charge on any atom is 0.823 e. The Morgan fingerprint density at radius 3 is 1.73 bits per heavy atom. The van der Waals surface area contributed by atoms with Crippen LogP contribution in [0.3, 0.4) is 0 Å². The summed E-state index contributed by atoms with van der Waals surface area (Å²) < 4.78 is 13.6. The van der Waals surface area contributed by atoms with Gasteiger partial charge in [-0.1, -0.05) is 6.92 Å². The molecule has 0 atom stereocenters. The molecule has 0 aliphatic rings. The molecule has 0 aromatic rings. The molecular formula is C7H11ClO6Si. The van der Waals surface area contributed by atoms with Gasteiger partial charge in [-0.05, 0) is 11.1 Å². The van der Waals surface area contributed by atoms with Gasteiger partial charge in [-0.15, -0.1) is 0 Å². The second-order valence-corrected chi connectivity index (χ2v) is 5.46. The first-order chi connectivity index (χ1) is 6.79. The molecule has 0 unspecified atom stereocenters. The van der Waals surface area contributed by atoms with Crippen LogP contribution in [0.4, 0.5) is 0 Å². The molecular weight excluding hydrogens is 244 g/mol. The Hall–Kier alpha value is -1.08. The molecule has 0 fully saturated rings. The van der Waals surface area contributed by atoms with Gasteiger partial charge in [0.1, 0.15) is 0 Å². The molecule has 86 valence electrons. The monoisotopic (exact) mass is 254 g/mol. The fourth-order valence-electron chi connectivity index (χ4n) is 0.614. The van der Waals surface area contributed by atoms with E-state index in [0.29, 0.717) is 0 Å². The molecule has 0 radical (unpaired) electrons. The molecule has 0 aliphatic carbocycles. The maximum atomic E-state index is 10.9. The number of halogens is 1. The lowest BCUT2D eigenvalue weighted by atomic mass is 10.5. The van der Waals surface area contributed by atoms with Crippen molar-refractivity contribution in [2.24, 2.45) is 0 Å². The highest BCUT2D eigenvalue weighted by Gasteiger charge is 2.51. The summed E-state index contributed by atoms with van der Waals surface area (Å²) in [6, 6.07) is 0. The average Bonchev–Trinajstić information content (AvgIpc) is 1.99. The van der Waals surface area contributed by atoms with E-state index in [0.717, 1.165) is 13.8 Å². The molecule has 0 saturated heterocycles. The van der Waals surface area contributed by atoms with Crippen LogP contribution in [-0.4, -0.2) is 26.0 Å². The summed E-state index contributed by atoms with van der Waals surface area (Å²) in [5, 5.41) is 0. The molecule has 0 N–H and O–H groups in total. The van der Waals surface area contributed by atoms with Gasteiger partial charge in [0.05, 0.1) is 0 Å². The summed E-state index contributed by atoms with van der Waals surface area (Å²) in [6.07, 6.45) is 0.0317. The zero-order chi connectivity index (χ0) is 12.1. The van der Waals surface area contributed by atoms with Crippen LogP contribution in [0.5, 0.6) is 0 Å². The third-order valence-corrected chi connectivity index (χ3v) is 3.28. The van der Waals surface area contributed by atoms with Gasteiger partial charge in [0.15, 0.2) is 0 Å². The van der Waals surface area contributed by atoms with Gasteiger partial charge in [-0.2, -0.15) is 0 Å². The third kappa shape index (κ3) is 6.08. The lowest BCUT2D eigenvalue weighted by molar-refractivity contribution is -0.146. The first kappa shape index (κ1) is 13.9. The lowest BCUT2D eigenvalue weighted by Crippen LogP contribution is -2.44. The van der Waals surface area contributed by atoms with Crippen molar-refractivity contribution in [2.45, 2.75) is 27.2 Å². The SMILES string of the molecule is CCC(=O)O[Si](Cl)(OC(C)=O)OC(C)=O. The van der Waals surface area contributed by atoms with Crippen molar-refractivity contribution in [1.82, 2.24) is 0 Å². The van der Waals surface area contributed by atoms with Crippen LogP contribution in [0.1, 0.15) is 27.2 Å². The Morgan fingerprint density at radius 2 is 1.47 bits per heavy atom. The lowest BCUT2D eigenvalue weighted by Gasteiger charge is -2.19. The number of rotatable bonds is 4. The van der Waals surface area contributed by atoms with E-state index in [1.165, 1.54) is 6.92 Å². The smallest absolute Gasteiger partial charge is 0.443 e. The first-order valence-corrected chi connectivity index (χ1v) is 6.82. The van der Waals surface area contributed by atoms with E-state index in [-0.39, 0.29) is 6.42 Å². The van der Waals surface area contributed by atoms with Crippen LogP contribution < -0.4 is 0 Å². The van der Waals surface area contributed by atoms with Crippen LogP contribution in [-0.2, 0) is 27.7 Å². The second-order valence-electron chi connectivity index (χ2n) is 2.50. The predicted octanol–water partition coefficient (Wildman–Crippen LogP) is 0.740. The van der Waals surface area contributed by atoms with Gasteiger partial charge in [0.2, 0.25) is 0 Å². The Morgan fingerprint density at radius 1 is 1.07 bits per heavy atom.